The average Bonchev–Trinajstić information content (AvgIpc) is 2.87. The van der Waals surface area contributed by atoms with Crippen molar-refractivity contribution in [1.82, 2.24) is 4.90 Å². The highest BCUT2D eigenvalue weighted by atomic mass is 15.1. The van der Waals surface area contributed by atoms with Crippen molar-refractivity contribution in [2.45, 2.75) is 201 Å². The molecule has 0 aliphatic heterocycles. The molecule has 0 aromatic carbocycles. The van der Waals surface area contributed by atoms with Crippen molar-refractivity contribution < 1.29 is 0 Å². The normalized spacial score (nSPS) is 11.7. The third-order valence-corrected chi connectivity index (χ3v) is 7.98. The third kappa shape index (κ3) is 30.1. The molecular weight excluding hydrogens is 422 g/mol. The van der Waals surface area contributed by atoms with E-state index in [2.05, 4.69) is 25.7 Å². The Balaban J connectivity index is 3.73. The van der Waals surface area contributed by atoms with E-state index in [4.69, 9.17) is 0 Å². The molecule has 0 rings (SSSR count). The van der Waals surface area contributed by atoms with Gasteiger partial charge in [0.05, 0.1) is 0 Å². The van der Waals surface area contributed by atoms with Crippen LogP contribution < -0.4 is 0 Å². The summed E-state index contributed by atoms with van der Waals surface area (Å²) in [6, 6.07) is 0. The molecule has 0 unspecified atom stereocenters. The third-order valence-electron chi connectivity index (χ3n) is 7.98. The van der Waals surface area contributed by atoms with Crippen molar-refractivity contribution in [3.05, 3.63) is 0 Å². The molecule has 0 fully saturated rings. The maximum Gasteiger partial charge on any atom is -0.00187 e. The van der Waals surface area contributed by atoms with E-state index < -0.39 is 0 Å². The number of nitrogens with zero attached hydrogens (tertiary/aromatic N) is 1. The largest absolute Gasteiger partial charge is 0.303 e. The Morgan fingerprint density at radius 3 is 0.600 bits per heavy atom. The molecule has 0 amide bonds. The average molecular weight is 494 g/mol. The molecule has 0 N–H and O–H groups in total. The monoisotopic (exact) mass is 494 g/mol. The summed E-state index contributed by atoms with van der Waals surface area (Å²) in [6.45, 7) is 11.0. The predicted octanol–water partition coefficient (Wildman–Crippen LogP) is 12.3. The van der Waals surface area contributed by atoms with Crippen LogP contribution in [0.2, 0.25) is 0 Å². The Bertz CT molecular complexity index is 334. The van der Waals surface area contributed by atoms with E-state index >= 15 is 0 Å². The Morgan fingerprint density at radius 1 is 0.229 bits per heavy atom. The fourth-order valence-electron chi connectivity index (χ4n) is 5.45. The molecule has 0 saturated heterocycles. The van der Waals surface area contributed by atoms with Crippen molar-refractivity contribution in [3.63, 3.8) is 0 Å². The van der Waals surface area contributed by atoms with Gasteiger partial charge in [0.25, 0.3) is 0 Å². The molecular formula is C34H71N. The van der Waals surface area contributed by atoms with Gasteiger partial charge in [-0.25, -0.2) is 0 Å². The first-order chi connectivity index (χ1) is 17.3. The van der Waals surface area contributed by atoms with Gasteiger partial charge in [-0.2, -0.15) is 0 Å². The molecule has 0 atom stereocenters. The number of hydrogen-bond acceptors (Lipinski definition) is 1. The minimum absolute atomic E-state index is 1.36. The van der Waals surface area contributed by atoms with Crippen molar-refractivity contribution >= 4 is 0 Å². The van der Waals surface area contributed by atoms with Crippen LogP contribution in [0.3, 0.4) is 0 Å². The molecule has 0 aromatic rings. The molecule has 0 radical (unpaired) electrons. The van der Waals surface area contributed by atoms with E-state index in [1.807, 2.05) is 0 Å². The van der Waals surface area contributed by atoms with Crippen molar-refractivity contribution in [3.8, 4) is 0 Å². The van der Waals surface area contributed by atoms with Crippen LogP contribution in [0.1, 0.15) is 201 Å². The second-order valence-electron chi connectivity index (χ2n) is 11.7. The lowest BCUT2D eigenvalue weighted by molar-refractivity contribution is 0.254. The molecule has 212 valence electrons. The molecule has 0 aliphatic carbocycles. The Morgan fingerprint density at radius 2 is 0.400 bits per heavy atom. The van der Waals surface area contributed by atoms with Gasteiger partial charge >= 0.3 is 0 Å². The summed E-state index contributed by atoms with van der Waals surface area (Å²) in [5.74, 6) is 0. The van der Waals surface area contributed by atoms with Gasteiger partial charge < -0.3 is 4.90 Å². The van der Waals surface area contributed by atoms with Gasteiger partial charge in [0.2, 0.25) is 0 Å². The first kappa shape index (κ1) is 35.0. The fraction of sp³-hybridized carbons (Fsp3) is 1.00. The summed E-state index contributed by atoms with van der Waals surface area (Å²) in [5.41, 5.74) is 0. The predicted molar refractivity (Wildman–Crippen MR) is 163 cm³/mol. The summed E-state index contributed by atoms with van der Waals surface area (Å²) in [7, 11) is 0. The lowest BCUT2D eigenvalue weighted by Crippen LogP contribution is -2.27. The smallest absolute Gasteiger partial charge is 0.00187 e. The van der Waals surface area contributed by atoms with Crippen LogP contribution >= 0.6 is 0 Å². The number of unbranched alkanes of at least 4 members (excludes halogenated alkanes) is 25. The summed E-state index contributed by atoms with van der Waals surface area (Å²) >= 11 is 0. The summed E-state index contributed by atoms with van der Waals surface area (Å²) in [6.07, 6.45) is 40.6. The van der Waals surface area contributed by atoms with E-state index in [-0.39, 0.29) is 0 Å². The highest BCUT2D eigenvalue weighted by molar-refractivity contribution is 4.61. The molecule has 1 nitrogen and oxygen atoms in total. The van der Waals surface area contributed by atoms with E-state index in [1.54, 1.807) is 0 Å². The van der Waals surface area contributed by atoms with Gasteiger partial charge in [-0.15, -0.1) is 0 Å². The molecule has 0 aromatic heterocycles. The quantitative estimate of drug-likeness (QED) is 0.0867. The van der Waals surface area contributed by atoms with Crippen LogP contribution in [-0.2, 0) is 0 Å². The minimum Gasteiger partial charge on any atom is -0.303 e. The van der Waals surface area contributed by atoms with Crippen LogP contribution in [-0.4, -0.2) is 24.5 Å². The molecule has 0 saturated carbocycles. The molecule has 1 heteroatoms. The van der Waals surface area contributed by atoms with Gasteiger partial charge in [-0.3, -0.25) is 0 Å². The van der Waals surface area contributed by atoms with Crippen LogP contribution in [0.4, 0.5) is 0 Å². The van der Waals surface area contributed by atoms with Gasteiger partial charge in [-0.05, 0) is 38.9 Å². The van der Waals surface area contributed by atoms with E-state index in [1.165, 1.54) is 199 Å². The van der Waals surface area contributed by atoms with Gasteiger partial charge in [0, 0.05) is 0 Å². The van der Waals surface area contributed by atoms with Crippen molar-refractivity contribution in [2.75, 3.05) is 19.6 Å². The zero-order valence-electron chi connectivity index (χ0n) is 25.4. The van der Waals surface area contributed by atoms with E-state index in [9.17, 15) is 0 Å². The van der Waals surface area contributed by atoms with Crippen LogP contribution in [0.25, 0.3) is 0 Å². The minimum atomic E-state index is 1.36. The molecule has 0 aliphatic rings. The van der Waals surface area contributed by atoms with Crippen LogP contribution in [0.15, 0.2) is 0 Å². The Labute approximate surface area is 225 Å². The van der Waals surface area contributed by atoms with Gasteiger partial charge in [0.1, 0.15) is 0 Å². The lowest BCUT2D eigenvalue weighted by atomic mass is 10.0. The SMILES string of the molecule is CCCCCCCCCCCCCCCCN(CCCCCCCCC)CCCCCCCCC. The number of rotatable bonds is 31. The molecule has 0 bridgehead atoms. The molecule has 0 heterocycles. The molecule has 0 spiro atoms. The first-order valence-corrected chi connectivity index (χ1v) is 17.1. The summed E-state index contributed by atoms with van der Waals surface area (Å²) in [5, 5.41) is 0. The second kappa shape index (κ2) is 32.0. The highest BCUT2D eigenvalue weighted by Crippen LogP contribution is 2.14. The standard InChI is InChI=1S/C34H71N/c1-4-7-10-13-16-17-18-19-20-21-22-25-28-31-34-35(32-29-26-23-14-11-8-5-2)33-30-27-24-15-12-9-6-3/h4-34H2,1-3H3. The van der Waals surface area contributed by atoms with Crippen molar-refractivity contribution in [2.24, 2.45) is 0 Å². The Hall–Kier alpha value is -0.0400. The molecule has 35 heavy (non-hydrogen) atoms. The van der Waals surface area contributed by atoms with Crippen molar-refractivity contribution in [1.29, 1.82) is 0 Å². The number of hydrogen-bond donors (Lipinski definition) is 0. The zero-order chi connectivity index (χ0) is 25.5. The first-order valence-electron chi connectivity index (χ1n) is 17.1. The summed E-state index contributed by atoms with van der Waals surface area (Å²) < 4.78 is 0. The Kier molecular flexibility index (Phi) is 32.0. The topological polar surface area (TPSA) is 3.24 Å². The maximum absolute atomic E-state index is 2.83. The van der Waals surface area contributed by atoms with Crippen LogP contribution in [0, 0.1) is 0 Å². The van der Waals surface area contributed by atoms with Gasteiger partial charge in [-0.1, -0.05) is 181 Å². The van der Waals surface area contributed by atoms with Crippen LogP contribution in [0.5, 0.6) is 0 Å². The summed E-state index contributed by atoms with van der Waals surface area (Å²) in [4.78, 5) is 2.83. The van der Waals surface area contributed by atoms with E-state index in [0.29, 0.717) is 0 Å². The maximum atomic E-state index is 2.83. The van der Waals surface area contributed by atoms with E-state index in [0.717, 1.165) is 0 Å². The highest BCUT2D eigenvalue weighted by Gasteiger charge is 2.05. The zero-order valence-corrected chi connectivity index (χ0v) is 25.4. The van der Waals surface area contributed by atoms with Gasteiger partial charge in [0.15, 0.2) is 0 Å². The lowest BCUT2D eigenvalue weighted by Gasteiger charge is -2.22. The fourth-order valence-corrected chi connectivity index (χ4v) is 5.45. The second-order valence-corrected chi connectivity index (χ2v) is 11.7.